The summed E-state index contributed by atoms with van der Waals surface area (Å²) in [6.07, 6.45) is 2.15. The molecule has 1 aliphatic heterocycles. The van der Waals surface area contributed by atoms with Crippen LogP contribution in [0.15, 0.2) is 0 Å². The van der Waals surface area contributed by atoms with Crippen LogP contribution in [0, 0.1) is 5.41 Å². The molecule has 2 rings (SSSR count). The lowest BCUT2D eigenvalue weighted by atomic mass is 9.86. The summed E-state index contributed by atoms with van der Waals surface area (Å²) in [5, 5.41) is 11.9. The molecular weight excluding hydrogens is 158 g/mol. The molecule has 1 saturated heterocycles. The van der Waals surface area contributed by atoms with Crippen LogP contribution in [0.4, 0.5) is 0 Å². The van der Waals surface area contributed by atoms with Crippen molar-refractivity contribution in [2.45, 2.75) is 18.9 Å². The minimum absolute atomic E-state index is 0.0428. The van der Waals surface area contributed by atoms with Gasteiger partial charge in [0.2, 0.25) is 5.91 Å². The lowest BCUT2D eigenvalue weighted by molar-refractivity contribution is -0.170. The van der Waals surface area contributed by atoms with E-state index in [1.165, 1.54) is 0 Å². The van der Waals surface area contributed by atoms with Gasteiger partial charge in [-0.2, -0.15) is 0 Å². The quantitative estimate of drug-likeness (QED) is 0.589. The Morgan fingerprint density at radius 1 is 1.58 bits per heavy atom. The van der Waals surface area contributed by atoms with Crippen molar-refractivity contribution in [3.05, 3.63) is 0 Å². The Labute approximate surface area is 70.9 Å². The number of amides is 1. The van der Waals surface area contributed by atoms with E-state index in [9.17, 15) is 4.79 Å². The summed E-state index contributed by atoms with van der Waals surface area (Å²) in [5.41, 5.74) is -0.622. The first-order chi connectivity index (χ1) is 5.77. The van der Waals surface area contributed by atoms with Crippen molar-refractivity contribution in [3.63, 3.8) is 0 Å². The zero-order valence-electron chi connectivity index (χ0n) is 6.88. The predicted molar refractivity (Wildman–Crippen MR) is 41.5 cm³/mol. The van der Waals surface area contributed by atoms with Crippen LogP contribution in [0.2, 0.25) is 0 Å². The second kappa shape index (κ2) is 2.71. The summed E-state index contributed by atoms with van der Waals surface area (Å²) >= 11 is 0. The van der Waals surface area contributed by atoms with E-state index < -0.39 is 5.41 Å². The number of carbonyl (C=O) groups is 1. The predicted octanol–water partition coefficient (Wildman–Crippen LogP) is -0.726. The average Bonchev–Trinajstić information content (AvgIpc) is 2.70. The van der Waals surface area contributed by atoms with Crippen molar-refractivity contribution in [1.82, 2.24) is 5.32 Å². The monoisotopic (exact) mass is 171 g/mol. The molecule has 0 atom stereocenters. The van der Waals surface area contributed by atoms with Crippen LogP contribution in [0.1, 0.15) is 12.8 Å². The standard InChI is InChI=1S/C8H13NO3/c10-3-8(4-12-5-8)7(11)9-6-1-2-6/h6,10H,1-5H2,(H,9,11). The highest BCUT2D eigenvalue weighted by Gasteiger charge is 2.46. The van der Waals surface area contributed by atoms with Crippen molar-refractivity contribution in [2.75, 3.05) is 19.8 Å². The van der Waals surface area contributed by atoms with Gasteiger partial charge < -0.3 is 15.2 Å². The summed E-state index contributed by atoms with van der Waals surface area (Å²) in [7, 11) is 0. The first-order valence-corrected chi connectivity index (χ1v) is 4.26. The Balaban J connectivity index is 1.90. The van der Waals surface area contributed by atoms with E-state index in [1.54, 1.807) is 0 Å². The van der Waals surface area contributed by atoms with E-state index in [-0.39, 0.29) is 12.5 Å². The van der Waals surface area contributed by atoms with E-state index in [0.29, 0.717) is 19.3 Å². The van der Waals surface area contributed by atoms with Gasteiger partial charge in [0, 0.05) is 6.04 Å². The molecule has 2 N–H and O–H groups in total. The first kappa shape index (κ1) is 8.01. The minimum Gasteiger partial charge on any atom is -0.395 e. The Kier molecular flexibility index (Phi) is 1.81. The second-order valence-electron chi connectivity index (χ2n) is 3.68. The third-order valence-electron chi connectivity index (χ3n) is 2.45. The van der Waals surface area contributed by atoms with E-state index in [1.807, 2.05) is 0 Å². The lowest BCUT2D eigenvalue weighted by Gasteiger charge is -2.38. The van der Waals surface area contributed by atoms with E-state index in [4.69, 9.17) is 9.84 Å². The molecule has 12 heavy (non-hydrogen) atoms. The third-order valence-corrected chi connectivity index (χ3v) is 2.45. The maximum Gasteiger partial charge on any atom is 0.233 e. The fourth-order valence-corrected chi connectivity index (χ4v) is 1.21. The number of ether oxygens (including phenoxy) is 1. The van der Waals surface area contributed by atoms with Crippen LogP contribution < -0.4 is 5.32 Å². The maximum absolute atomic E-state index is 11.5. The van der Waals surface area contributed by atoms with Crippen molar-refractivity contribution in [2.24, 2.45) is 5.41 Å². The Bertz CT molecular complexity index is 191. The van der Waals surface area contributed by atoms with Gasteiger partial charge in [0.15, 0.2) is 0 Å². The molecule has 1 saturated carbocycles. The number of nitrogens with one attached hydrogen (secondary N) is 1. The zero-order valence-corrected chi connectivity index (χ0v) is 6.88. The summed E-state index contributed by atoms with van der Waals surface area (Å²) in [4.78, 5) is 11.5. The topological polar surface area (TPSA) is 58.6 Å². The number of hydrogen-bond donors (Lipinski definition) is 2. The number of rotatable bonds is 3. The molecule has 4 heteroatoms. The normalized spacial score (nSPS) is 26.1. The molecule has 68 valence electrons. The smallest absolute Gasteiger partial charge is 0.233 e. The molecule has 1 amide bonds. The molecule has 0 unspecified atom stereocenters. The van der Waals surface area contributed by atoms with Crippen LogP contribution in [0.3, 0.4) is 0 Å². The number of aliphatic hydroxyl groups excluding tert-OH is 1. The van der Waals surface area contributed by atoms with E-state index in [0.717, 1.165) is 12.8 Å². The SMILES string of the molecule is O=C(NC1CC1)C1(CO)COC1. The van der Waals surface area contributed by atoms with Crippen molar-refractivity contribution in [3.8, 4) is 0 Å². The lowest BCUT2D eigenvalue weighted by Crippen LogP contribution is -2.56. The van der Waals surface area contributed by atoms with Crippen molar-refractivity contribution >= 4 is 5.91 Å². The van der Waals surface area contributed by atoms with E-state index in [2.05, 4.69) is 5.32 Å². The summed E-state index contributed by atoms with van der Waals surface area (Å²) in [5.74, 6) is -0.0428. The minimum atomic E-state index is -0.622. The van der Waals surface area contributed by atoms with Gasteiger partial charge in [0.1, 0.15) is 5.41 Å². The van der Waals surface area contributed by atoms with Crippen LogP contribution in [0.25, 0.3) is 0 Å². The molecule has 0 spiro atoms. The van der Waals surface area contributed by atoms with Crippen LogP contribution in [-0.2, 0) is 9.53 Å². The average molecular weight is 171 g/mol. The molecular formula is C8H13NO3. The summed E-state index contributed by atoms with van der Waals surface area (Å²) < 4.78 is 4.93. The van der Waals surface area contributed by atoms with Gasteiger partial charge >= 0.3 is 0 Å². The van der Waals surface area contributed by atoms with Crippen LogP contribution in [-0.4, -0.2) is 36.9 Å². The van der Waals surface area contributed by atoms with Gasteiger partial charge in [-0.3, -0.25) is 4.79 Å². The Morgan fingerprint density at radius 3 is 2.58 bits per heavy atom. The number of aliphatic hydroxyl groups is 1. The largest absolute Gasteiger partial charge is 0.395 e. The van der Waals surface area contributed by atoms with Gasteiger partial charge in [0.25, 0.3) is 0 Å². The highest BCUT2D eigenvalue weighted by Crippen LogP contribution is 2.29. The fraction of sp³-hybridized carbons (Fsp3) is 0.875. The zero-order chi connectivity index (χ0) is 8.60. The van der Waals surface area contributed by atoms with Crippen LogP contribution in [0.5, 0.6) is 0 Å². The third kappa shape index (κ3) is 1.21. The molecule has 0 aromatic carbocycles. The van der Waals surface area contributed by atoms with Gasteiger partial charge in [-0.15, -0.1) is 0 Å². The Morgan fingerprint density at radius 2 is 2.25 bits per heavy atom. The molecule has 0 bridgehead atoms. The van der Waals surface area contributed by atoms with Gasteiger partial charge in [-0.1, -0.05) is 0 Å². The molecule has 0 aromatic rings. The summed E-state index contributed by atoms with van der Waals surface area (Å²) in [6.45, 7) is 0.621. The van der Waals surface area contributed by atoms with Crippen molar-refractivity contribution in [1.29, 1.82) is 0 Å². The van der Waals surface area contributed by atoms with Crippen LogP contribution >= 0.6 is 0 Å². The number of carbonyl (C=O) groups excluding carboxylic acids is 1. The first-order valence-electron chi connectivity index (χ1n) is 4.26. The Hall–Kier alpha value is -0.610. The highest BCUT2D eigenvalue weighted by molar-refractivity contribution is 5.84. The highest BCUT2D eigenvalue weighted by atomic mass is 16.5. The van der Waals surface area contributed by atoms with Gasteiger partial charge in [-0.25, -0.2) is 0 Å². The summed E-state index contributed by atoms with van der Waals surface area (Å²) in [6, 6.07) is 0.363. The molecule has 1 heterocycles. The maximum atomic E-state index is 11.5. The molecule has 2 aliphatic rings. The molecule has 2 fully saturated rings. The van der Waals surface area contributed by atoms with Crippen molar-refractivity contribution < 1.29 is 14.6 Å². The molecule has 1 aliphatic carbocycles. The van der Waals surface area contributed by atoms with E-state index >= 15 is 0 Å². The second-order valence-corrected chi connectivity index (χ2v) is 3.68. The van der Waals surface area contributed by atoms with Gasteiger partial charge in [-0.05, 0) is 12.8 Å². The van der Waals surface area contributed by atoms with Gasteiger partial charge in [0.05, 0.1) is 19.8 Å². The number of hydrogen-bond acceptors (Lipinski definition) is 3. The fourth-order valence-electron chi connectivity index (χ4n) is 1.21. The molecule has 0 aromatic heterocycles. The molecule has 4 nitrogen and oxygen atoms in total. The molecule has 0 radical (unpaired) electrons.